The quantitative estimate of drug-likeness (QED) is 0.913. The van der Waals surface area contributed by atoms with Crippen LogP contribution in [0.3, 0.4) is 0 Å². The first-order valence-electron chi connectivity index (χ1n) is 7.01. The molecule has 21 heavy (non-hydrogen) atoms. The zero-order chi connectivity index (χ0) is 15.6. The minimum atomic E-state index is -4.38. The Labute approximate surface area is 121 Å². The molecule has 0 aromatic heterocycles. The summed E-state index contributed by atoms with van der Waals surface area (Å²) in [5.74, 6) is 0.0361. The topological polar surface area (TPSA) is 46.3 Å². The molecule has 1 aromatic rings. The first kappa shape index (κ1) is 15.8. The predicted molar refractivity (Wildman–Crippen MR) is 73.7 cm³/mol. The largest absolute Gasteiger partial charge is 0.416 e. The number of hydrogen-bond donors (Lipinski definition) is 1. The van der Waals surface area contributed by atoms with Crippen LogP contribution in [-0.4, -0.2) is 29.9 Å². The van der Waals surface area contributed by atoms with Gasteiger partial charge in [-0.1, -0.05) is 0 Å². The fraction of sp³-hybridized carbons (Fsp3) is 0.533. The molecule has 6 heteroatoms. The Morgan fingerprint density at radius 2 is 1.90 bits per heavy atom. The predicted octanol–water partition coefficient (Wildman–Crippen LogP) is 2.90. The van der Waals surface area contributed by atoms with E-state index in [0.717, 1.165) is 25.0 Å². The maximum Gasteiger partial charge on any atom is 0.416 e. The summed E-state index contributed by atoms with van der Waals surface area (Å²) in [4.78, 5) is 14.1. The van der Waals surface area contributed by atoms with Crippen LogP contribution in [0.4, 0.5) is 13.2 Å². The van der Waals surface area contributed by atoms with Crippen molar-refractivity contribution in [1.82, 2.24) is 4.90 Å². The molecule has 1 aliphatic heterocycles. The van der Waals surface area contributed by atoms with Gasteiger partial charge in [-0.05, 0) is 56.5 Å². The summed E-state index contributed by atoms with van der Waals surface area (Å²) in [5.41, 5.74) is 5.19. The minimum absolute atomic E-state index is 0.0857. The maximum absolute atomic E-state index is 12.5. The Morgan fingerprint density at radius 1 is 1.29 bits per heavy atom. The molecule has 0 spiro atoms. The number of benzene rings is 1. The van der Waals surface area contributed by atoms with Crippen LogP contribution < -0.4 is 5.73 Å². The number of nitrogens with zero attached hydrogens (tertiary/aromatic N) is 1. The number of carbonyl (C=O) groups is 1. The Kier molecular flexibility index (Phi) is 4.56. The lowest BCUT2D eigenvalue weighted by Crippen LogP contribution is -2.47. The van der Waals surface area contributed by atoms with Crippen LogP contribution in [0, 0.1) is 5.92 Å². The molecule has 1 aromatic carbocycles. The van der Waals surface area contributed by atoms with Crippen LogP contribution in [0.2, 0.25) is 0 Å². The fourth-order valence-electron chi connectivity index (χ4n) is 2.63. The number of rotatable bonds is 2. The molecule has 0 aliphatic carbocycles. The third-order valence-electron chi connectivity index (χ3n) is 4.03. The lowest BCUT2D eigenvalue weighted by atomic mass is 9.93. The highest BCUT2D eigenvalue weighted by atomic mass is 19.4. The van der Waals surface area contributed by atoms with Gasteiger partial charge in [-0.15, -0.1) is 0 Å². The number of likely N-dealkylation sites (tertiary alicyclic amines) is 1. The van der Waals surface area contributed by atoms with E-state index in [-0.39, 0.29) is 23.4 Å². The van der Waals surface area contributed by atoms with Crippen molar-refractivity contribution in [2.45, 2.75) is 32.0 Å². The summed E-state index contributed by atoms with van der Waals surface area (Å²) in [5, 5.41) is 0. The van der Waals surface area contributed by atoms with Crippen LogP contribution in [0.1, 0.15) is 35.7 Å². The number of alkyl halides is 3. The summed E-state index contributed by atoms with van der Waals surface area (Å²) in [6, 6.07) is 4.46. The van der Waals surface area contributed by atoms with Crippen molar-refractivity contribution < 1.29 is 18.0 Å². The molecule has 3 nitrogen and oxygen atoms in total. The summed E-state index contributed by atoms with van der Waals surface area (Å²) < 4.78 is 37.6. The third kappa shape index (κ3) is 3.56. The molecule has 2 rings (SSSR count). The Morgan fingerprint density at radius 3 is 2.43 bits per heavy atom. The third-order valence-corrected chi connectivity index (χ3v) is 4.03. The van der Waals surface area contributed by atoms with Gasteiger partial charge >= 0.3 is 6.18 Å². The summed E-state index contributed by atoms with van der Waals surface area (Å²) in [6.07, 6.45) is -2.53. The van der Waals surface area contributed by atoms with Gasteiger partial charge in [-0.2, -0.15) is 13.2 Å². The molecule has 1 heterocycles. The highest BCUT2D eigenvalue weighted by Gasteiger charge is 2.32. The summed E-state index contributed by atoms with van der Waals surface area (Å²) >= 11 is 0. The molecular formula is C15H19F3N2O. The molecule has 1 amide bonds. The van der Waals surface area contributed by atoms with Crippen LogP contribution in [0.15, 0.2) is 24.3 Å². The Bertz CT molecular complexity index is 499. The van der Waals surface area contributed by atoms with Crippen LogP contribution in [0.25, 0.3) is 0 Å². The highest BCUT2D eigenvalue weighted by Crippen LogP contribution is 2.30. The van der Waals surface area contributed by atoms with E-state index in [1.807, 2.05) is 6.92 Å². The molecular weight excluding hydrogens is 281 g/mol. The van der Waals surface area contributed by atoms with E-state index in [1.165, 1.54) is 12.1 Å². The Hall–Kier alpha value is -1.56. The van der Waals surface area contributed by atoms with Crippen molar-refractivity contribution in [3.8, 4) is 0 Å². The van der Waals surface area contributed by atoms with E-state index in [9.17, 15) is 18.0 Å². The molecule has 0 radical (unpaired) electrons. The fourth-order valence-corrected chi connectivity index (χ4v) is 2.63. The molecule has 2 N–H and O–H groups in total. The standard InChI is InChI=1S/C15H19F3N2O/c1-10-2-3-11(8-19)9-20(10)14(21)12-4-6-13(7-5-12)15(16,17)18/h4-7,10-11H,2-3,8-9,19H2,1H3. The van der Waals surface area contributed by atoms with Gasteiger partial charge < -0.3 is 10.6 Å². The van der Waals surface area contributed by atoms with Crippen LogP contribution in [-0.2, 0) is 6.18 Å². The van der Waals surface area contributed by atoms with E-state index >= 15 is 0 Å². The van der Waals surface area contributed by atoms with Gasteiger partial charge in [-0.25, -0.2) is 0 Å². The zero-order valence-electron chi connectivity index (χ0n) is 11.9. The number of halogens is 3. The summed E-state index contributed by atoms with van der Waals surface area (Å²) in [6.45, 7) is 3.04. The maximum atomic E-state index is 12.5. The average molecular weight is 300 g/mol. The van der Waals surface area contributed by atoms with Gasteiger partial charge in [0, 0.05) is 18.2 Å². The number of nitrogens with two attached hydrogens (primary N) is 1. The van der Waals surface area contributed by atoms with Gasteiger partial charge in [0.1, 0.15) is 0 Å². The van der Waals surface area contributed by atoms with E-state index in [2.05, 4.69) is 0 Å². The zero-order valence-corrected chi connectivity index (χ0v) is 11.9. The van der Waals surface area contributed by atoms with Crippen molar-refractivity contribution in [3.05, 3.63) is 35.4 Å². The lowest BCUT2D eigenvalue weighted by Gasteiger charge is -2.37. The van der Waals surface area contributed by atoms with E-state index in [1.54, 1.807) is 4.90 Å². The Balaban J connectivity index is 2.15. The van der Waals surface area contributed by atoms with Crippen molar-refractivity contribution in [1.29, 1.82) is 0 Å². The van der Waals surface area contributed by atoms with Crippen molar-refractivity contribution in [2.75, 3.05) is 13.1 Å². The second-order valence-corrected chi connectivity index (χ2v) is 5.56. The molecule has 1 saturated heterocycles. The van der Waals surface area contributed by atoms with E-state index < -0.39 is 11.7 Å². The van der Waals surface area contributed by atoms with Gasteiger partial charge in [0.25, 0.3) is 5.91 Å². The molecule has 0 saturated carbocycles. The summed E-state index contributed by atoms with van der Waals surface area (Å²) in [7, 11) is 0. The van der Waals surface area contributed by atoms with E-state index in [4.69, 9.17) is 5.73 Å². The van der Waals surface area contributed by atoms with E-state index in [0.29, 0.717) is 13.1 Å². The van der Waals surface area contributed by atoms with Crippen molar-refractivity contribution in [2.24, 2.45) is 11.7 Å². The number of amides is 1. The van der Waals surface area contributed by atoms with Crippen molar-refractivity contribution in [3.63, 3.8) is 0 Å². The SMILES string of the molecule is CC1CCC(CN)CN1C(=O)c1ccc(C(F)(F)F)cc1. The molecule has 2 unspecified atom stereocenters. The minimum Gasteiger partial charge on any atom is -0.336 e. The van der Waals surface area contributed by atoms with Gasteiger partial charge in [0.2, 0.25) is 0 Å². The van der Waals surface area contributed by atoms with Gasteiger partial charge in [-0.3, -0.25) is 4.79 Å². The lowest BCUT2D eigenvalue weighted by molar-refractivity contribution is -0.137. The second kappa shape index (κ2) is 6.05. The molecule has 2 atom stereocenters. The average Bonchev–Trinajstić information content (AvgIpc) is 2.46. The van der Waals surface area contributed by atoms with Crippen LogP contribution in [0.5, 0.6) is 0 Å². The highest BCUT2D eigenvalue weighted by molar-refractivity contribution is 5.94. The normalized spacial score (nSPS) is 23.2. The molecule has 0 bridgehead atoms. The molecule has 1 fully saturated rings. The van der Waals surface area contributed by atoms with Gasteiger partial charge in [0.15, 0.2) is 0 Å². The number of hydrogen-bond acceptors (Lipinski definition) is 2. The first-order valence-corrected chi connectivity index (χ1v) is 7.01. The smallest absolute Gasteiger partial charge is 0.336 e. The van der Waals surface area contributed by atoms with Crippen LogP contribution >= 0.6 is 0 Å². The second-order valence-electron chi connectivity index (χ2n) is 5.56. The van der Waals surface area contributed by atoms with Crippen molar-refractivity contribution >= 4 is 5.91 Å². The molecule has 116 valence electrons. The first-order chi connectivity index (χ1) is 9.82. The monoisotopic (exact) mass is 300 g/mol. The number of piperidine rings is 1. The number of carbonyl (C=O) groups excluding carboxylic acids is 1. The molecule has 1 aliphatic rings. The van der Waals surface area contributed by atoms with Gasteiger partial charge in [0.05, 0.1) is 5.56 Å².